The van der Waals surface area contributed by atoms with Gasteiger partial charge in [-0.15, -0.1) is 0 Å². The van der Waals surface area contributed by atoms with E-state index in [1.807, 2.05) is 25.1 Å². The number of hydrogen-bond acceptors (Lipinski definition) is 5. The number of pyridine rings is 2. The lowest BCUT2D eigenvalue weighted by Crippen LogP contribution is -2.29. The first-order chi connectivity index (χ1) is 15.7. The van der Waals surface area contributed by atoms with Gasteiger partial charge in [-0.3, -0.25) is 10.1 Å². The fourth-order valence-corrected chi connectivity index (χ4v) is 4.18. The van der Waals surface area contributed by atoms with E-state index in [0.717, 1.165) is 35.2 Å². The normalized spacial score (nSPS) is 15.6. The van der Waals surface area contributed by atoms with Crippen molar-refractivity contribution in [2.24, 2.45) is 0 Å². The Hall–Kier alpha value is -3.81. The summed E-state index contributed by atoms with van der Waals surface area (Å²) in [6, 6.07) is 3.93. The Labute approximate surface area is 184 Å². The average molecular weight is 430 g/mol. The molecule has 32 heavy (non-hydrogen) atoms. The van der Waals surface area contributed by atoms with Gasteiger partial charge in [-0.1, -0.05) is 12.7 Å². The van der Waals surface area contributed by atoms with Crippen molar-refractivity contribution in [3.63, 3.8) is 0 Å². The van der Waals surface area contributed by atoms with Gasteiger partial charge in [-0.05, 0) is 56.0 Å². The van der Waals surface area contributed by atoms with Crippen LogP contribution < -0.4 is 4.90 Å². The number of halogens is 1. The smallest absolute Gasteiger partial charge is 0.180 e. The van der Waals surface area contributed by atoms with E-state index in [2.05, 4.69) is 36.6 Å². The molecule has 4 aromatic heterocycles. The van der Waals surface area contributed by atoms with Gasteiger partial charge >= 0.3 is 0 Å². The maximum absolute atomic E-state index is 13.8. The van der Waals surface area contributed by atoms with Crippen LogP contribution >= 0.6 is 0 Å². The molecule has 1 fully saturated rings. The van der Waals surface area contributed by atoms with Gasteiger partial charge in [0, 0.05) is 24.7 Å². The molecule has 0 radical (unpaired) electrons. The summed E-state index contributed by atoms with van der Waals surface area (Å²) in [4.78, 5) is 19.5. The topological polar surface area (TPSA) is 86.4 Å². The first-order valence-electron chi connectivity index (χ1n) is 10.8. The molecule has 1 aliphatic rings. The molecule has 0 spiro atoms. The number of imidazole rings is 1. The fourth-order valence-electron chi connectivity index (χ4n) is 4.18. The molecule has 0 amide bonds. The van der Waals surface area contributed by atoms with Crippen LogP contribution in [0.4, 0.5) is 10.1 Å². The lowest BCUT2D eigenvalue weighted by Gasteiger charge is -2.28. The highest BCUT2D eigenvalue weighted by atomic mass is 19.1. The van der Waals surface area contributed by atoms with Gasteiger partial charge in [0.1, 0.15) is 17.0 Å². The van der Waals surface area contributed by atoms with Crippen LogP contribution in [0, 0.1) is 0 Å². The standard InChI is InChI=1S/C24H24FN7/c1-3-15(12-16(25)4-2)18-13-17-19(14-27-18)30-31-21(17)24-28-22-20(8-9-26-23(22)29-24)32-10-6-5-7-11-32/h3-4,8-9,12-14H,2,5-7,10-11H2,1H3,(H,30,31)(H,26,28,29)/b15-3+,16-12+. The third-order valence-electron chi connectivity index (χ3n) is 5.83. The Morgan fingerprint density at radius 3 is 2.84 bits per heavy atom. The van der Waals surface area contributed by atoms with Gasteiger partial charge in [0.25, 0.3) is 0 Å². The molecule has 162 valence electrons. The Bertz CT molecular complexity index is 1360. The molecule has 2 N–H and O–H groups in total. The molecule has 0 saturated carbocycles. The van der Waals surface area contributed by atoms with Crippen molar-refractivity contribution in [2.45, 2.75) is 26.2 Å². The van der Waals surface area contributed by atoms with E-state index in [9.17, 15) is 4.39 Å². The molecule has 0 atom stereocenters. The molecule has 1 aliphatic heterocycles. The number of nitrogens with one attached hydrogen (secondary N) is 2. The first kappa shape index (κ1) is 20.1. The van der Waals surface area contributed by atoms with Crippen LogP contribution in [0.15, 0.2) is 55.2 Å². The van der Waals surface area contributed by atoms with Crippen molar-refractivity contribution in [1.29, 1.82) is 0 Å². The minimum atomic E-state index is -0.416. The molecular weight excluding hydrogens is 405 g/mol. The van der Waals surface area contributed by atoms with Crippen LogP contribution in [0.5, 0.6) is 0 Å². The number of rotatable bonds is 5. The quantitative estimate of drug-likeness (QED) is 0.419. The number of piperidine rings is 1. The number of hydrogen-bond donors (Lipinski definition) is 2. The maximum atomic E-state index is 13.8. The van der Waals surface area contributed by atoms with Gasteiger partial charge in [-0.2, -0.15) is 5.10 Å². The Morgan fingerprint density at radius 1 is 1.22 bits per heavy atom. The van der Waals surface area contributed by atoms with Crippen LogP contribution in [0.1, 0.15) is 31.9 Å². The van der Waals surface area contributed by atoms with E-state index >= 15 is 0 Å². The second-order valence-electron chi connectivity index (χ2n) is 7.83. The van der Waals surface area contributed by atoms with E-state index in [1.54, 1.807) is 12.4 Å². The molecule has 4 aromatic rings. The molecule has 5 rings (SSSR count). The number of aromatic nitrogens is 6. The third-order valence-corrected chi connectivity index (χ3v) is 5.83. The second-order valence-corrected chi connectivity index (χ2v) is 7.83. The molecule has 0 bridgehead atoms. The number of anilines is 1. The van der Waals surface area contributed by atoms with E-state index < -0.39 is 5.83 Å². The second kappa shape index (κ2) is 8.37. The Kier molecular flexibility index (Phi) is 5.26. The molecule has 7 nitrogen and oxygen atoms in total. The van der Waals surface area contributed by atoms with Crippen LogP contribution in [0.25, 0.3) is 39.2 Å². The van der Waals surface area contributed by atoms with E-state index in [0.29, 0.717) is 28.4 Å². The van der Waals surface area contributed by atoms with Crippen molar-refractivity contribution in [3.8, 4) is 11.5 Å². The van der Waals surface area contributed by atoms with Crippen LogP contribution in [-0.2, 0) is 0 Å². The lowest BCUT2D eigenvalue weighted by atomic mass is 10.1. The monoisotopic (exact) mass is 429 g/mol. The molecule has 0 aromatic carbocycles. The van der Waals surface area contributed by atoms with Gasteiger partial charge < -0.3 is 9.88 Å². The van der Waals surface area contributed by atoms with Crippen molar-refractivity contribution in [1.82, 2.24) is 30.1 Å². The minimum Gasteiger partial charge on any atom is -0.370 e. The number of allylic oxidation sites excluding steroid dienone is 5. The zero-order valence-corrected chi connectivity index (χ0v) is 17.9. The third kappa shape index (κ3) is 3.57. The first-order valence-corrected chi connectivity index (χ1v) is 10.8. The summed E-state index contributed by atoms with van der Waals surface area (Å²) in [5.41, 5.74) is 5.46. The average Bonchev–Trinajstić information content (AvgIpc) is 3.46. The van der Waals surface area contributed by atoms with E-state index in [1.165, 1.54) is 31.4 Å². The van der Waals surface area contributed by atoms with Crippen LogP contribution in [0.2, 0.25) is 0 Å². The molecule has 8 heteroatoms. The maximum Gasteiger partial charge on any atom is 0.180 e. The van der Waals surface area contributed by atoms with Gasteiger partial charge in [0.05, 0.1) is 23.1 Å². The highest BCUT2D eigenvalue weighted by molar-refractivity contribution is 5.95. The highest BCUT2D eigenvalue weighted by Crippen LogP contribution is 2.31. The molecule has 1 saturated heterocycles. The number of H-pyrrole nitrogens is 2. The summed E-state index contributed by atoms with van der Waals surface area (Å²) in [6.07, 6.45) is 11.6. The van der Waals surface area contributed by atoms with Gasteiger partial charge in [0.15, 0.2) is 11.5 Å². The molecule has 5 heterocycles. The summed E-state index contributed by atoms with van der Waals surface area (Å²) in [6.45, 7) is 7.39. The lowest BCUT2D eigenvalue weighted by molar-refractivity contribution is 0.578. The van der Waals surface area contributed by atoms with E-state index in [4.69, 9.17) is 4.98 Å². The SMILES string of the molecule is C=C/C(F)=C\C(=C/C)c1cc2c(-c3nc4nccc(N5CCCCC5)c4[nH]3)n[nH]c2cn1. The summed E-state index contributed by atoms with van der Waals surface area (Å²) >= 11 is 0. The predicted octanol–water partition coefficient (Wildman–Crippen LogP) is 5.33. The number of aromatic amines is 2. The van der Waals surface area contributed by atoms with Crippen LogP contribution in [-0.4, -0.2) is 43.2 Å². The summed E-state index contributed by atoms with van der Waals surface area (Å²) in [5, 5.41) is 8.35. The molecule has 0 aliphatic carbocycles. The summed E-state index contributed by atoms with van der Waals surface area (Å²) in [7, 11) is 0. The molecular formula is C24H24FN7. The van der Waals surface area contributed by atoms with Crippen molar-refractivity contribution >= 4 is 33.3 Å². The zero-order valence-electron chi connectivity index (χ0n) is 17.9. The van der Waals surface area contributed by atoms with Gasteiger partial charge in [0.2, 0.25) is 0 Å². The van der Waals surface area contributed by atoms with Crippen LogP contribution in [0.3, 0.4) is 0 Å². The largest absolute Gasteiger partial charge is 0.370 e. The highest BCUT2D eigenvalue weighted by Gasteiger charge is 2.19. The zero-order chi connectivity index (χ0) is 22.1. The summed E-state index contributed by atoms with van der Waals surface area (Å²) < 4.78 is 13.8. The predicted molar refractivity (Wildman–Crippen MR) is 126 cm³/mol. The van der Waals surface area contributed by atoms with Crippen molar-refractivity contribution in [2.75, 3.05) is 18.0 Å². The van der Waals surface area contributed by atoms with Crippen molar-refractivity contribution in [3.05, 3.63) is 60.9 Å². The van der Waals surface area contributed by atoms with E-state index in [-0.39, 0.29) is 0 Å². The van der Waals surface area contributed by atoms with Gasteiger partial charge in [-0.25, -0.2) is 14.4 Å². The Balaban J connectivity index is 1.59. The van der Waals surface area contributed by atoms with Crippen molar-refractivity contribution < 1.29 is 4.39 Å². The fraction of sp³-hybridized carbons (Fsp3) is 0.250. The molecule has 0 unspecified atom stereocenters. The number of nitrogens with zero attached hydrogens (tertiary/aromatic N) is 5. The minimum absolute atomic E-state index is 0.416. The summed E-state index contributed by atoms with van der Waals surface area (Å²) in [5.74, 6) is 0.219. The Morgan fingerprint density at radius 2 is 2.06 bits per heavy atom. The number of fused-ring (bicyclic) bond motifs is 2.